The van der Waals surface area contributed by atoms with Crippen LogP contribution in [0.1, 0.15) is 0 Å². The Kier molecular flexibility index (Phi) is 3.79. The van der Waals surface area contributed by atoms with Gasteiger partial charge in [0.2, 0.25) is 5.91 Å². The van der Waals surface area contributed by atoms with Gasteiger partial charge in [-0.2, -0.15) is 0 Å². The second-order valence-electron chi connectivity index (χ2n) is 2.88. The Bertz CT molecular complexity index is 389. The van der Waals surface area contributed by atoms with Crippen LogP contribution in [0.25, 0.3) is 0 Å². The molecule has 1 atom stereocenters. The topological polar surface area (TPSA) is 72.2 Å². The number of nitrogen functional groups attached to an aromatic ring is 1. The lowest BCUT2D eigenvalue weighted by Crippen LogP contribution is -2.24. The zero-order chi connectivity index (χ0) is 11.4. The Hall–Kier alpha value is -1.43. The minimum atomic E-state index is -1.57. The lowest BCUT2D eigenvalue weighted by atomic mass is 10.3. The molecule has 0 aliphatic carbocycles. The third kappa shape index (κ3) is 3.32. The van der Waals surface area contributed by atoms with Crippen LogP contribution in [0.15, 0.2) is 23.1 Å². The highest BCUT2D eigenvalue weighted by Crippen LogP contribution is 2.14. The molecular formula is C9H11FN2O2S. The van der Waals surface area contributed by atoms with Gasteiger partial charge in [-0.1, -0.05) is 0 Å². The third-order valence-electron chi connectivity index (χ3n) is 1.70. The Morgan fingerprint density at radius 2 is 2.20 bits per heavy atom. The fraction of sp³-hybridized carbons (Fsp3) is 0.222. The van der Waals surface area contributed by atoms with Crippen LogP contribution in [0.5, 0.6) is 0 Å². The molecule has 1 aromatic rings. The van der Waals surface area contributed by atoms with Gasteiger partial charge in [-0.05, 0) is 18.2 Å². The normalized spacial score (nSPS) is 12.1. The van der Waals surface area contributed by atoms with Gasteiger partial charge in [-0.25, -0.2) is 4.39 Å². The molecule has 1 unspecified atom stereocenters. The van der Waals surface area contributed by atoms with Crippen molar-refractivity contribution in [2.24, 2.45) is 0 Å². The van der Waals surface area contributed by atoms with E-state index in [2.05, 4.69) is 5.32 Å². The molecule has 0 bridgehead atoms. The SMILES string of the molecule is CNC(=O)CS(=O)c1cc(N)cc(F)c1. The molecule has 0 aromatic heterocycles. The molecule has 0 saturated carbocycles. The molecule has 0 spiro atoms. The molecule has 0 fully saturated rings. The Balaban J connectivity index is 2.86. The lowest BCUT2D eigenvalue weighted by Gasteiger charge is -2.03. The van der Waals surface area contributed by atoms with Gasteiger partial charge in [-0.15, -0.1) is 0 Å². The number of benzene rings is 1. The first-order chi connectivity index (χ1) is 7.02. The molecule has 0 saturated heterocycles. The van der Waals surface area contributed by atoms with Crippen LogP contribution in [0.3, 0.4) is 0 Å². The molecule has 82 valence electrons. The van der Waals surface area contributed by atoms with E-state index in [0.29, 0.717) is 0 Å². The maximum atomic E-state index is 12.9. The van der Waals surface area contributed by atoms with Gasteiger partial charge in [0.25, 0.3) is 0 Å². The molecule has 0 aliphatic heterocycles. The van der Waals surface area contributed by atoms with Gasteiger partial charge in [0.15, 0.2) is 0 Å². The number of hydrogen-bond acceptors (Lipinski definition) is 3. The van der Waals surface area contributed by atoms with Gasteiger partial charge in [0, 0.05) is 17.6 Å². The van der Waals surface area contributed by atoms with E-state index in [-0.39, 0.29) is 22.2 Å². The Morgan fingerprint density at radius 1 is 1.53 bits per heavy atom. The quantitative estimate of drug-likeness (QED) is 0.732. The van der Waals surface area contributed by atoms with E-state index in [1.165, 1.54) is 13.1 Å². The molecule has 0 heterocycles. The van der Waals surface area contributed by atoms with E-state index in [9.17, 15) is 13.4 Å². The molecule has 1 aromatic carbocycles. The van der Waals surface area contributed by atoms with E-state index < -0.39 is 16.6 Å². The molecule has 1 amide bonds. The van der Waals surface area contributed by atoms with Crippen LogP contribution >= 0.6 is 0 Å². The molecule has 0 aliphatic rings. The van der Waals surface area contributed by atoms with Crippen molar-refractivity contribution in [1.29, 1.82) is 0 Å². The second-order valence-corrected chi connectivity index (χ2v) is 4.33. The highest BCUT2D eigenvalue weighted by molar-refractivity contribution is 7.85. The number of carbonyl (C=O) groups is 1. The molecule has 1 rings (SSSR count). The number of amides is 1. The summed E-state index contributed by atoms with van der Waals surface area (Å²) in [5.41, 5.74) is 5.58. The number of anilines is 1. The van der Waals surface area contributed by atoms with E-state index >= 15 is 0 Å². The molecule has 0 radical (unpaired) electrons. The number of halogens is 1. The number of rotatable bonds is 3. The molecule has 15 heavy (non-hydrogen) atoms. The van der Waals surface area contributed by atoms with Gasteiger partial charge >= 0.3 is 0 Å². The average Bonchev–Trinajstić information content (AvgIpc) is 2.16. The predicted molar refractivity (Wildman–Crippen MR) is 56.2 cm³/mol. The summed E-state index contributed by atoms with van der Waals surface area (Å²) in [6.07, 6.45) is 0. The van der Waals surface area contributed by atoms with Gasteiger partial charge < -0.3 is 11.1 Å². The van der Waals surface area contributed by atoms with Crippen LogP contribution in [0, 0.1) is 5.82 Å². The van der Waals surface area contributed by atoms with Crippen molar-refractivity contribution in [1.82, 2.24) is 5.32 Å². The van der Waals surface area contributed by atoms with E-state index in [4.69, 9.17) is 5.73 Å². The van der Waals surface area contributed by atoms with Crippen molar-refractivity contribution in [3.63, 3.8) is 0 Å². The predicted octanol–water partition coefficient (Wildman–Crippen LogP) is 0.262. The van der Waals surface area contributed by atoms with Gasteiger partial charge in [0.05, 0.1) is 10.8 Å². The smallest absolute Gasteiger partial charge is 0.232 e. The molecular weight excluding hydrogens is 219 g/mol. The number of nitrogens with one attached hydrogen (secondary N) is 1. The van der Waals surface area contributed by atoms with Gasteiger partial charge in [0.1, 0.15) is 11.6 Å². The van der Waals surface area contributed by atoms with Crippen molar-refractivity contribution in [2.75, 3.05) is 18.5 Å². The van der Waals surface area contributed by atoms with Gasteiger partial charge in [-0.3, -0.25) is 9.00 Å². The second kappa shape index (κ2) is 4.88. The van der Waals surface area contributed by atoms with E-state index in [0.717, 1.165) is 12.1 Å². The van der Waals surface area contributed by atoms with E-state index in [1.54, 1.807) is 0 Å². The summed E-state index contributed by atoms with van der Waals surface area (Å²) in [4.78, 5) is 11.2. The summed E-state index contributed by atoms with van der Waals surface area (Å²) < 4.78 is 24.4. The largest absolute Gasteiger partial charge is 0.399 e. The summed E-state index contributed by atoms with van der Waals surface area (Å²) in [6.45, 7) is 0. The van der Waals surface area contributed by atoms with Crippen molar-refractivity contribution in [2.45, 2.75) is 4.90 Å². The summed E-state index contributed by atoms with van der Waals surface area (Å²) in [7, 11) is -0.122. The average molecular weight is 230 g/mol. The summed E-state index contributed by atoms with van der Waals surface area (Å²) in [5, 5.41) is 2.34. The zero-order valence-corrected chi connectivity index (χ0v) is 8.94. The summed E-state index contributed by atoms with van der Waals surface area (Å²) >= 11 is 0. The standard InChI is InChI=1S/C9H11FN2O2S/c1-12-9(13)5-15(14)8-3-6(10)2-7(11)4-8/h2-4H,5,11H2,1H3,(H,12,13). The molecule has 3 N–H and O–H groups in total. The van der Waals surface area contributed by atoms with Crippen molar-refractivity contribution in [3.8, 4) is 0 Å². The first-order valence-electron chi connectivity index (χ1n) is 4.18. The van der Waals surface area contributed by atoms with E-state index in [1.807, 2.05) is 0 Å². The van der Waals surface area contributed by atoms with Crippen LogP contribution < -0.4 is 11.1 Å². The monoisotopic (exact) mass is 230 g/mol. The maximum absolute atomic E-state index is 12.9. The van der Waals surface area contributed by atoms with Crippen molar-refractivity contribution < 1.29 is 13.4 Å². The van der Waals surface area contributed by atoms with Crippen molar-refractivity contribution >= 4 is 22.4 Å². The first kappa shape index (κ1) is 11.6. The maximum Gasteiger partial charge on any atom is 0.232 e. The fourth-order valence-corrected chi connectivity index (χ4v) is 2.05. The number of carbonyl (C=O) groups excluding carboxylic acids is 1. The zero-order valence-electron chi connectivity index (χ0n) is 8.12. The highest BCUT2D eigenvalue weighted by Gasteiger charge is 2.10. The minimum absolute atomic E-state index is 0.190. The summed E-state index contributed by atoms with van der Waals surface area (Å²) in [6, 6.07) is 3.62. The number of nitrogens with two attached hydrogens (primary N) is 1. The minimum Gasteiger partial charge on any atom is -0.399 e. The van der Waals surface area contributed by atoms with Crippen LogP contribution in [0.4, 0.5) is 10.1 Å². The Labute approximate surface area is 89.1 Å². The van der Waals surface area contributed by atoms with Crippen molar-refractivity contribution in [3.05, 3.63) is 24.0 Å². The third-order valence-corrected chi connectivity index (χ3v) is 2.98. The summed E-state index contributed by atoms with van der Waals surface area (Å²) in [5.74, 6) is -1.12. The highest BCUT2D eigenvalue weighted by atomic mass is 32.2. The lowest BCUT2D eigenvalue weighted by molar-refractivity contribution is -0.118. The fourth-order valence-electron chi connectivity index (χ4n) is 0.990. The van der Waals surface area contributed by atoms with Crippen LogP contribution in [-0.2, 0) is 15.6 Å². The number of hydrogen-bond donors (Lipinski definition) is 2. The first-order valence-corrected chi connectivity index (χ1v) is 5.50. The molecule has 6 heteroatoms. The van der Waals surface area contributed by atoms with Crippen LogP contribution in [-0.4, -0.2) is 22.9 Å². The Morgan fingerprint density at radius 3 is 2.73 bits per heavy atom. The van der Waals surface area contributed by atoms with Crippen LogP contribution in [0.2, 0.25) is 0 Å². The molecule has 4 nitrogen and oxygen atoms in total.